The third kappa shape index (κ3) is 5.48. The second-order valence-electron chi connectivity index (χ2n) is 4.51. The van der Waals surface area contributed by atoms with E-state index in [4.69, 9.17) is 4.74 Å². The lowest BCUT2D eigenvalue weighted by Crippen LogP contribution is -2.53. The van der Waals surface area contributed by atoms with Crippen LogP contribution in [0.5, 0.6) is 0 Å². The van der Waals surface area contributed by atoms with Gasteiger partial charge in [-0.3, -0.25) is 10.1 Å². The molecule has 0 spiro atoms. The summed E-state index contributed by atoms with van der Waals surface area (Å²) in [5, 5.41) is 21.8. The molecule has 0 saturated carbocycles. The maximum absolute atomic E-state index is 11.2. The number of carbonyl (C=O) groups is 1. The number of β-amino-alcohol motifs (C(OH)–C–C–N with tert-alkyl or cyclic N) is 1. The van der Waals surface area contributed by atoms with Crippen molar-refractivity contribution in [3.63, 3.8) is 0 Å². The molecule has 0 aromatic rings. The van der Waals surface area contributed by atoms with E-state index in [0.29, 0.717) is 12.8 Å². The molecule has 0 aromatic heterocycles. The predicted octanol–water partition coefficient (Wildman–Crippen LogP) is 1.01. The van der Waals surface area contributed by atoms with E-state index in [1.165, 1.54) is 0 Å². The molecule has 1 unspecified atom stereocenters. The summed E-state index contributed by atoms with van der Waals surface area (Å²) >= 11 is 0. The first kappa shape index (κ1) is 16.4. The van der Waals surface area contributed by atoms with Gasteiger partial charge in [0.25, 0.3) is 0 Å². The van der Waals surface area contributed by atoms with E-state index in [1.54, 1.807) is 0 Å². The molecule has 0 aliphatic carbocycles. The van der Waals surface area contributed by atoms with E-state index in [0.717, 1.165) is 0 Å². The molecule has 0 aromatic carbocycles. The highest BCUT2D eigenvalue weighted by Crippen LogP contribution is 2.15. The summed E-state index contributed by atoms with van der Waals surface area (Å²) in [5.41, 5.74) is -0.946. The van der Waals surface area contributed by atoms with Crippen LogP contribution in [0, 0.1) is 0 Å². The molecule has 1 atom stereocenters. The number of aliphatic hydroxyl groups excluding tert-OH is 1. The Morgan fingerprint density at radius 2 is 1.88 bits per heavy atom. The molecular formula is C12H25NO4. The fraction of sp³-hybridized carbons (Fsp3) is 0.917. The minimum atomic E-state index is -0.946. The Hall–Kier alpha value is -0.650. The first-order valence-corrected chi connectivity index (χ1v) is 6.16. The van der Waals surface area contributed by atoms with Crippen molar-refractivity contribution in [1.29, 1.82) is 0 Å². The van der Waals surface area contributed by atoms with Crippen LogP contribution in [0.25, 0.3) is 0 Å². The topological polar surface area (TPSA) is 78.8 Å². The summed E-state index contributed by atoms with van der Waals surface area (Å²) in [6.07, 6.45) is 0.341. The number of aliphatic carboxylic acids is 1. The minimum absolute atomic E-state index is 0.0613. The predicted molar refractivity (Wildman–Crippen MR) is 66.0 cm³/mol. The first-order chi connectivity index (χ1) is 7.88. The van der Waals surface area contributed by atoms with Crippen LogP contribution in [-0.2, 0) is 9.53 Å². The zero-order valence-electron chi connectivity index (χ0n) is 11.2. The average molecular weight is 247 g/mol. The summed E-state index contributed by atoms with van der Waals surface area (Å²) < 4.78 is 5.26. The van der Waals surface area contributed by atoms with Gasteiger partial charge in [0, 0.05) is 6.54 Å². The molecule has 0 fully saturated rings. The van der Waals surface area contributed by atoms with E-state index < -0.39 is 17.6 Å². The van der Waals surface area contributed by atoms with Gasteiger partial charge in [0.2, 0.25) is 0 Å². The first-order valence-electron chi connectivity index (χ1n) is 6.16. The largest absolute Gasteiger partial charge is 0.480 e. The molecule has 17 heavy (non-hydrogen) atoms. The number of rotatable bonds is 9. The Kier molecular flexibility index (Phi) is 7.34. The maximum Gasteiger partial charge on any atom is 0.323 e. The van der Waals surface area contributed by atoms with Crippen molar-refractivity contribution >= 4 is 5.97 Å². The lowest BCUT2D eigenvalue weighted by molar-refractivity contribution is -0.145. The van der Waals surface area contributed by atoms with Gasteiger partial charge in [0.1, 0.15) is 5.54 Å². The van der Waals surface area contributed by atoms with Gasteiger partial charge in [0.15, 0.2) is 0 Å². The van der Waals surface area contributed by atoms with Gasteiger partial charge in [-0.1, -0.05) is 13.8 Å². The average Bonchev–Trinajstić information content (AvgIpc) is 2.28. The SMILES string of the molecule is CCC(CC)(NCC(O)COC(C)C)C(=O)O. The van der Waals surface area contributed by atoms with Crippen molar-refractivity contribution in [3.05, 3.63) is 0 Å². The molecule has 0 rings (SSSR count). The van der Waals surface area contributed by atoms with Crippen LogP contribution in [0.4, 0.5) is 0 Å². The van der Waals surface area contributed by atoms with E-state index in [-0.39, 0.29) is 19.3 Å². The Labute approximate surface area is 103 Å². The number of carboxylic acids is 1. The Morgan fingerprint density at radius 3 is 2.24 bits per heavy atom. The second-order valence-corrected chi connectivity index (χ2v) is 4.51. The van der Waals surface area contributed by atoms with Crippen LogP contribution in [0.1, 0.15) is 40.5 Å². The standard InChI is InChI=1S/C12H25NO4/c1-5-12(6-2,11(15)16)13-7-10(14)8-17-9(3)4/h9-10,13-14H,5-8H2,1-4H3,(H,15,16). The summed E-state index contributed by atoms with van der Waals surface area (Å²) in [6, 6.07) is 0. The molecule has 102 valence electrons. The number of hydrogen-bond donors (Lipinski definition) is 3. The Bertz CT molecular complexity index is 227. The molecule has 0 bridgehead atoms. The fourth-order valence-corrected chi connectivity index (χ4v) is 1.55. The van der Waals surface area contributed by atoms with Crippen molar-refractivity contribution in [3.8, 4) is 0 Å². The van der Waals surface area contributed by atoms with Gasteiger partial charge in [-0.2, -0.15) is 0 Å². The van der Waals surface area contributed by atoms with Gasteiger partial charge in [-0.05, 0) is 26.7 Å². The highest BCUT2D eigenvalue weighted by atomic mass is 16.5. The molecular weight excluding hydrogens is 222 g/mol. The summed E-state index contributed by atoms with van der Waals surface area (Å²) in [6.45, 7) is 7.86. The third-order valence-corrected chi connectivity index (χ3v) is 2.91. The Balaban J connectivity index is 4.17. The van der Waals surface area contributed by atoms with Crippen molar-refractivity contribution in [2.75, 3.05) is 13.2 Å². The third-order valence-electron chi connectivity index (χ3n) is 2.91. The molecule has 0 amide bonds. The zero-order valence-corrected chi connectivity index (χ0v) is 11.2. The lowest BCUT2D eigenvalue weighted by atomic mass is 9.93. The highest BCUT2D eigenvalue weighted by Gasteiger charge is 2.34. The fourth-order valence-electron chi connectivity index (χ4n) is 1.55. The van der Waals surface area contributed by atoms with Gasteiger partial charge in [0.05, 0.1) is 18.8 Å². The van der Waals surface area contributed by atoms with Crippen molar-refractivity contribution in [2.45, 2.75) is 58.3 Å². The second kappa shape index (κ2) is 7.63. The molecule has 5 heteroatoms. The van der Waals surface area contributed by atoms with Gasteiger partial charge in [-0.25, -0.2) is 0 Å². The van der Waals surface area contributed by atoms with Gasteiger partial charge < -0.3 is 14.9 Å². The van der Waals surface area contributed by atoms with Crippen molar-refractivity contribution < 1.29 is 19.7 Å². The van der Waals surface area contributed by atoms with Crippen LogP contribution >= 0.6 is 0 Å². The van der Waals surface area contributed by atoms with Crippen LogP contribution in [-0.4, -0.2) is 47.1 Å². The van der Waals surface area contributed by atoms with E-state index >= 15 is 0 Å². The van der Waals surface area contributed by atoms with E-state index in [1.807, 2.05) is 27.7 Å². The van der Waals surface area contributed by atoms with Gasteiger partial charge >= 0.3 is 5.97 Å². The molecule has 0 saturated heterocycles. The number of aliphatic hydroxyl groups is 1. The van der Waals surface area contributed by atoms with Crippen LogP contribution in [0.15, 0.2) is 0 Å². The van der Waals surface area contributed by atoms with Crippen LogP contribution in [0.2, 0.25) is 0 Å². The zero-order chi connectivity index (χ0) is 13.5. The highest BCUT2D eigenvalue weighted by molar-refractivity contribution is 5.78. The molecule has 5 nitrogen and oxygen atoms in total. The van der Waals surface area contributed by atoms with Gasteiger partial charge in [-0.15, -0.1) is 0 Å². The monoisotopic (exact) mass is 247 g/mol. The smallest absolute Gasteiger partial charge is 0.323 e. The minimum Gasteiger partial charge on any atom is -0.480 e. The molecule has 0 aliphatic rings. The quantitative estimate of drug-likeness (QED) is 0.566. The molecule has 3 N–H and O–H groups in total. The van der Waals surface area contributed by atoms with E-state index in [9.17, 15) is 15.0 Å². The summed E-state index contributed by atoms with van der Waals surface area (Å²) in [7, 11) is 0. The molecule has 0 heterocycles. The lowest BCUT2D eigenvalue weighted by Gasteiger charge is -2.29. The Morgan fingerprint density at radius 1 is 1.35 bits per heavy atom. The van der Waals surface area contributed by atoms with Crippen molar-refractivity contribution in [1.82, 2.24) is 5.32 Å². The van der Waals surface area contributed by atoms with E-state index in [2.05, 4.69) is 5.32 Å². The number of hydrogen-bond acceptors (Lipinski definition) is 4. The maximum atomic E-state index is 11.2. The van der Waals surface area contributed by atoms with Crippen LogP contribution < -0.4 is 5.32 Å². The summed E-state index contributed by atoms with van der Waals surface area (Å²) in [5.74, 6) is -0.875. The number of carboxylic acid groups (broad SMARTS) is 1. The summed E-state index contributed by atoms with van der Waals surface area (Å²) in [4.78, 5) is 11.2. The number of nitrogens with one attached hydrogen (secondary N) is 1. The van der Waals surface area contributed by atoms with Crippen molar-refractivity contribution in [2.24, 2.45) is 0 Å². The number of ether oxygens (including phenoxy) is 1. The normalized spacial score (nSPS) is 14.0. The van der Waals surface area contributed by atoms with Crippen LogP contribution in [0.3, 0.4) is 0 Å². The molecule has 0 aliphatic heterocycles. The molecule has 0 radical (unpaired) electrons.